The molecule has 1 heterocycles. The van der Waals surface area contributed by atoms with Gasteiger partial charge in [-0.3, -0.25) is 9.59 Å². The zero-order chi connectivity index (χ0) is 18.4. The second-order valence-corrected chi connectivity index (χ2v) is 7.47. The van der Waals surface area contributed by atoms with E-state index < -0.39 is 0 Å². The Morgan fingerprint density at radius 2 is 1.69 bits per heavy atom. The second-order valence-electron chi connectivity index (χ2n) is 6.69. The van der Waals surface area contributed by atoms with Gasteiger partial charge in [-0.05, 0) is 58.6 Å². The lowest BCUT2D eigenvalue weighted by molar-refractivity contribution is -0.121. The van der Waals surface area contributed by atoms with Crippen molar-refractivity contribution in [3.8, 4) is 0 Å². The topological polar surface area (TPSA) is 71.3 Å². The first-order chi connectivity index (χ1) is 12.6. The van der Waals surface area contributed by atoms with Gasteiger partial charge < -0.3 is 15.1 Å². The zero-order valence-electron chi connectivity index (χ0n) is 14.6. The number of hydrogen-bond acceptors (Lipinski definition) is 3. The van der Waals surface area contributed by atoms with E-state index in [-0.39, 0.29) is 17.6 Å². The number of amides is 2. The molecular formula is C20H23BrN2O3. The number of nitrogens with one attached hydrogen (secondary N) is 2. The van der Waals surface area contributed by atoms with Crippen LogP contribution in [0.5, 0.6) is 0 Å². The molecule has 0 saturated heterocycles. The van der Waals surface area contributed by atoms with E-state index in [4.69, 9.17) is 4.42 Å². The van der Waals surface area contributed by atoms with Gasteiger partial charge in [0.2, 0.25) is 5.91 Å². The van der Waals surface area contributed by atoms with Crippen molar-refractivity contribution in [3.05, 3.63) is 52.4 Å². The fraction of sp³-hybridized carbons (Fsp3) is 0.400. The van der Waals surface area contributed by atoms with Gasteiger partial charge in [-0.1, -0.05) is 37.8 Å². The molecule has 1 aromatic heterocycles. The number of halogens is 1. The lowest BCUT2D eigenvalue weighted by Crippen LogP contribution is -2.35. The lowest BCUT2D eigenvalue weighted by atomic mass is 10.1. The maximum absolute atomic E-state index is 12.2. The van der Waals surface area contributed by atoms with E-state index in [0.29, 0.717) is 22.8 Å². The van der Waals surface area contributed by atoms with Crippen molar-refractivity contribution < 1.29 is 14.0 Å². The van der Waals surface area contributed by atoms with Crippen molar-refractivity contribution in [2.24, 2.45) is 0 Å². The number of furan rings is 1. The first-order valence-corrected chi connectivity index (χ1v) is 9.84. The predicted molar refractivity (Wildman–Crippen MR) is 104 cm³/mol. The van der Waals surface area contributed by atoms with E-state index in [2.05, 4.69) is 26.6 Å². The number of anilines is 1. The third-order valence-electron chi connectivity index (χ3n) is 4.59. The number of rotatable bonds is 5. The van der Waals surface area contributed by atoms with E-state index in [0.717, 1.165) is 18.4 Å². The maximum Gasteiger partial charge on any atom is 0.291 e. The van der Waals surface area contributed by atoms with Crippen molar-refractivity contribution in [2.45, 2.75) is 51.0 Å². The minimum absolute atomic E-state index is 0.0640. The molecule has 0 bridgehead atoms. The van der Waals surface area contributed by atoms with Crippen LogP contribution in [0.4, 0.5) is 5.69 Å². The molecule has 0 aliphatic heterocycles. The van der Waals surface area contributed by atoms with Crippen LogP contribution in [0.3, 0.4) is 0 Å². The van der Waals surface area contributed by atoms with Gasteiger partial charge >= 0.3 is 0 Å². The summed E-state index contributed by atoms with van der Waals surface area (Å²) < 4.78 is 5.74. The average molecular weight is 419 g/mol. The molecule has 2 N–H and O–H groups in total. The number of hydrogen-bond donors (Lipinski definition) is 2. The first-order valence-electron chi connectivity index (χ1n) is 9.05. The summed E-state index contributed by atoms with van der Waals surface area (Å²) in [6, 6.07) is 10.9. The maximum atomic E-state index is 12.2. The van der Waals surface area contributed by atoms with Crippen LogP contribution in [0.1, 0.15) is 54.6 Å². The Morgan fingerprint density at radius 1 is 1.00 bits per heavy atom. The number of carbonyl (C=O) groups excluding carboxylic acids is 2. The molecule has 26 heavy (non-hydrogen) atoms. The highest BCUT2D eigenvalue weighted by Gasteiger charge is 2.15. The highest BCUT2D eigenvalue weighted by atomic mass is 79.9. The van der Waals surface area contributed by atoms with E-state index in [1.54, 1.807) is 24.3 Å². The van der Waals surface area contributed by atoms with E-state index in [1.165, 1.54) is 25.7 Å². The molecule has 1 saturated carbocycles. The summed E-state index contributed by atoms with van der Waals surface area (Å²) in [5.74, 6) is -0.00703. The Labute approximate surface area is 161 Å². The van der Waals surface area contributed by atoms with Crippen molar-refractivity contribution in [1.82, 2.24) is 5.32 Å². The third kappa shape index (κ3) is 5.46. The summed E-state index contributed by atoms with van der Waals surface area (Å²) in [5, 5.41) is 5.92. The normalized spacial score (nSPS) is 15.3. The monoisotopic (exact) mass is 418 g/mol. The van der Waals surface area contributed by atoms with Gasteiger partial charge in [0, 0.05) is 11.7 Å². The van der Waals surface area contributed by atoms with Crippen LogP contribution in [0.2, 0.25) is 0 Å². The molecule has 138 valence electrons. The molecule has 1 aromatic carbocycles. The molecule has 6 heteroatoms. The molecule has 2 aromatic rings. The quantitative estimate of drug-likeness (QED) is 0.692. The molecular weight excluding hydrogens is 396 g/mol. The van der Waals surface area contributed by atoms with Gasteiger partial charge in [0.25, 0.3) is 5.91 Å². The highest BCUT2D eigenvalue weighted by molar-refractivity contribution is 9.10. The molecule has 5 nitrogen and oxygen atoms in total. The molecule has 3 rings (SSSR count). The fourth-order valence-corrected chi connectivity index (χ4v) is 3.53. The summed E-state index contributed by atoms with van der Waals surface area (Å²) in [4.78, 5) is 24.3. The van der Waals surface area contributed by atoms with Crippen molar-refractivity contribution in [1.29, 1.82) is 0 Å². The summed E-state index contributed by atoms with van der Waals surface area (Å²) in [7, 11) is 0. The SMILES string of the molecule is O=C(Cc1ccc(NC(=O)c2ccc(Br)o2)cc1)NC1CCCCCC1. The Balaban J connectivity index is 1.50. The van der Waals surface area contributed by atoms with E-state index in [1.807, 2.05) is 12.1 Å². The molecule has 1 aliphatic carbocycles. The molecule has 1 fully saturated rings. The van der Waals surface area contributed by atoms with E-state index >= 15 is 0 Å². The molecule has 1 aliphatic rings. The minimum Gasteiger partial charge on any atom is -0.444 e. The van der Waals surface area contributed by atoms with Crippen LogP contribution in [-0.4, -0.2) is 17.9 Å². The van der Waals surface area contributed by atoms with Crippen molar-refractivity contribution in [2.75, 3.05) is 5.32 Å². The lowest BCUT2D eigenvalue weighted by Gasteiger charge is -2.16. The largest absolute Gasteiger partial charge is 0.444 e. The van der Waals surface area contributed by atoms with Crippen LogP contribution >= 0.6 is 15.9 Å². The first kappa shape index (κ1) is 18.7. The predicted octanol–water partition coefficient (Wildman–Crippen LogP) is 4.68. The minimum atomic E-state index is -0.311. The van der Waals surface area contributed by atoms with Gasteiger partial charge in [-0.25, -0.2) is 0 Å². The summed E-state index contributed by atoms with van der Waals surface area (Å²) in [6.45, 7) is 0. The third-order valence-corrected chi connectivity index (χ3v) is 5.02. The smallest absolute Gasteiger partial charge is 0.291 e. The Kier molecular flexibility index (Phi) is 6.50. The summed E-state index contributed by atoms with van der Waals surface area (Å²) in [5.41, 5.74) is 1.59. The van der Waals surface area contributed by atoms with Crippen LogP contribution in [0.25, 0.3) is 0 Å². The van der Waals surface area contributed by atoms with Crippen LogP contribution in [0, 0.1) is 0 Å². The zero-order valence-corrected chi connectivity index (χ0v) is 16.2. The van der Waals surface area contributed by atoms with Crippen LogP contribution in [0.15, 0.2) is 45.5 Å². The molecule has 2 amide bonds. The standard InChI is InChI=1S/C20H23BrN2O3/c21-18-12-11-17(26-18)20(25)23-16-9-7-14(8-10-16)13-19(24)22-15-5-3-1-2-4-6-15/h7-12,15H,1-6,13H2,(H,22,24)(H,23,25). The van der Waals surface area contributed by atoms with Crippen molar-refractivity contribution in [3.63, 3.8) is 0 Å². The molecule has 0 radical (unpaired) electrons. The Bertz CT molecular complexity index is 747. The molecule has 0 spiro atoms. The fourth-order valence-electron chi connectivity index (χ4n) is 3.22. The van der Waals surface area contributed by atoms with Gasteiger partial charge in [0.05, 0.1) is 6.42 Å². The number of carbonyl (C=O) groups is 2. The second kappa shape index (κ2) is 9.03. The summed E-state index contributed by atoms with van der Waals surface area (Å²) >= 11 is 3.17. The highest BCUT2D eigenvalue weighted by Crippen LogP contribution is 2.18. The molecule has 0 unspecified atom stereocenters. The average Bonchev–Trinajstić information content (AvgIpc) is 2.90. The number of benzene rings is 1. The van der Waals surface area contributed by atoms with Gasteiger partial charge in [0.1, 0.15) is 0 Å². The van der Waals surface area contributed by atoms with Gasteiger partial charge in [-0.15, -0.1) is 0 Å². The van der Waals surface area contributed by atoms with Gasteiger partial charge in [0.15, 0.2) is 10.4 Å². The van der Waals surface area contributed by atoms with Gasteiger partial charge in [-0.2, -0.15) is 0 Å². The van der Waals surface area contributed by atoms with Crippen LogP contribution < -0.4 is 10.6 Å². The van der Waals surface area contributed by atoms with Crippen molar-refractivity contribution >= 4 is 33.4 Å². The molecule has 0 atom stereocenters. The summed E-state index contributed by atoms with van der Waals surface area (Å²) in [6.07, 6.45) is 7.47. The van der Waals surface area contributed by atoms with Crippen LogP contribution in [-0.2, 0) is 11.2 Å². The van der Waals surface area contributed by atoms with E-state index in [9.17, 15) is 9.59 Å². The Hall–Kier alpha value is -2.08. The Morgan fingerprint density at radius 3 is 2.31 bits per heavy atom.